The molecule has 0 atom stereocenters. The van der Waals surface area contributed by atoms with Crippen molar-refractivity contribution < 1.29 is 13.2 Å². The SMILES string of the molecule is C/C(=C/Cl)COc1ccc(S(=O)(=O)Cl)c(Cl)c1Cl. The number of hydrogen-bond donors (Lipinski definition) is 0. The molecule has 8 heteroatoms. The summed E-state index contributed by atoms with van der Waals surface area (Å²) in [4.78, 5) is -0.257. The third-order valence-corrected chi connectivity index (χ3v) is 4.63. The van der Waals surface area contributed by atoms with Gasteiger partial charge in [-0.25, -0.2) is 8.42 Å². The summed E-state index contributed by atoms with van der Waals surface area (Å²) in [6, 6.07) is 2.61. The number of halogens is 4. The molecule has 0 saturated heterocycles. The Bertz CT molecular complexity index is 581. The van der Waals surface area contributed by atoms with Gasteiger partial charge in [-0.2, -0.15) is 0 Å². The van der Waals surface area contributed by atoms with Crippen molar-refractivity contribution in [3.63, 3.8) is 0 Å². The minimum atomic E-state index is -3.94. The number of hydrogen-bond acceptors (Lipinski definition) is 3. The van der Waals surface area contributed by atoms with E-state index >= 15 is 0 Å². The molecular formula is C10H8Cl4O3S. The summed E-state index contributed by atoms with van der Waals surface area (Å²) in [7, 11) is 1.26. The second kappa shape index (κ2) is 6.35. The molecule has 0 amide bonds. The Balaban J connectivity index is 3.09. The van der Waals surface area contributed by atoms with Crippen LogP contribution in [0.2, 0.25) is 10.0 Å². The van der Waals surface area contributed by atoms with Crippen LogP contribution in [0.25, 0.3) is 0 Å². The standard InChI is InChI=1S/C10H8Cl4O3S/c1-6(4-11)5-17-7-2-3-8(18(14,15)16)10(13)9(7)12/h2-4H,5H2,1H3/b6-4-. The monoisotopic (exact) mass is 348 g/mol. The van der Waals surface area contributed by atoms with Gasteiger partial charge in [-0.05, 0) is 24.6 Å². The summed E-state index contributed by atoms with van der Waals surface area (Å²) < 4.78 is 27.7. The van der Waals surface area contributed by atoms with E-state index in [0.717, 1.165) is 5.57 Å². The summed E-state index contributed by atoms with van der Waals surface area (Å²) in [6.07, 6.45) is 0. The second-order valence-electron chi connectivity index (χ2n) is 3.37. The lowest BCUT2D eigenvalue weighted by atomic mass is 10.3. The van der Waals surface area contributed by atoms with Crippen molar-refractivity contribution in [3.8, 4) is 5.75 Å². The highest BCUT2D eigenvalue weighted by atomic mass is 35.7. The summed E-state index contributed by atoms with van der Waals surface area (Å²) in [6.45, 7) is 1.98. The Morgan fingerprint density at radius 3 is 2.44 bits per heavy atom. The quantitative estimate of drug-likeness (QED) is 0.754. The summed E-state index contributed by atoms with van der Waals surface area (Å²) in [5.74, 6) is 0.253. The van der Waals surface area contributed by atoms with Gasteiger partial charge in [-0.3, -0.25) is 0 Å². The zero-order valence-corrected chi connectivity index (χ0v) is 12.9. The molecule has 0 aliphatic carbocycles. The molecule has 0 spiro atoms. The lowest BCUT2D eigenvalue weighted by Crippen LogP contribution is -2.00. The van der Waals surface area contributed by atoms with E-state index in [0.29, 0.717) is 0 Å². The minimum absolute atomic E-state index is 0.0132. The first-order chi connectivity index (χ1) is 8.27. The molecular weight excluding hydrogens is 342 g/mol. The van der Waals surface area contributed by atoms with Crippen LogP contribution in [0, 0.1) is 0 Å². The first-order valence-corrected chi connectivity index (χ1v) is 8.09. The zero-order valence-electron chi connectivity index (χ0n) is 9.08. The number of rotatable bonds is 4. The maximum Gasteiger partial charge on any atom is 0.262 e. The van der Waals surface area contributed by atoms with E-state index < -0.39 is 9.05 Å². The van der Waals surface area contributed by atoms with E-state index in [4.69, 9.17) is 50.2 Å². The molecule has 1 aromatic carbocycles. The van der Waals surface area contributed by atoms with Gasteiger partial charge in [0.25, 0.3) is 9.05 Å². The van der Waals surface area contributed by atoms with Gasteiger partial charge >= 0.3 is 0 Å². The fraction of sp³-hybridized carbons (Fsp3) is 0.200. The van der Waals surface area contributed by atoms with Gasteiger partial charge in [0.05, 0.1) is 5.02 Å². The average Bonchev–Trinajstić information content (AvgIpc) is 2.28. The highest BCUT2D eigenvalue weighted by molar-refractivity contribution is 8.13. The summed E-state index contributed by atoms with van der Waals surface area (Å²) in [5, 5.41) is -0.183. The van der Waals surface area contributed by atoms with E-state index in [-0.39, 0.29) is 27.3 Å². The van der Waals surface area contributed by atoms with Gasteiger partial charge in [0.15, 0.2) is 0 Å². The predicted molar refractivity (Wildman–Crippen MR) is 74.6 cm³/mol. The molecule has 100 valence electrons. The first-order valence-electron chi connectivity index (χ1n) is 4.58. The third-order valence-electron chi connectivity index (χ3n) is 1.92. The maximum absolute atomic E-state index is 11.2. The van der Waals surface area contributed by atoms with Crippen molar-refractivity contribution >= 4 is 54.5 Å². The van der Waals surface area contributed by atoms with Crippen molar-refractivity contribution in [2.75, 3.05) is 6.61 Å². The number of ether oxygens (including phenoxy) is 1. The van der Waals surface area contributed by atoms with E-state index in [1.807, 2.05) is 0 Å². The van der Waals surface area contributed by atoms with Crippen LogP contribution < -0.4 is 4.74 Å². The predicted octanol–water partition coefficient (Wildman–Crippen LogP) is 4.44. The third kappa shape index (κ3) is 3.93. The average molecular weight is 350 g/mol. The normalized spacial score (nSPS) is 12.6. The van der Waals surface area contributed by atoms with Gasteiger partial charge in [-0.15, -0.1) is 0 Å². The Labute approximate surface area is 125 Å². The topological polar surface area (TPSA) is 43.4 Å². The van der Waals surface area contributed by atoms with Crippen LogP contribution in [0.1, 0.15) is 6.92 Å². The molecule has 0 fully saturated rings. The molecule has 0 bridgehead atoms. The Morgan fingerprint density at radius 1 is 1.33 bits per heavy atom. The summed E-state index contributed by atoms with van der Waals surface area (Å²) in [5.41, 5.74) is 2.14. The molecule has 1 aromatic rings. The Kier molecular flexibility index (Phi) is 5.62. The van der Waals surface area contributed by atoms with Crippen molar-refractivity contribution in [2.24, 2.45) is 0 Å². The molecule has 3 nitrogen and oxygen atoms in total. The minimum Gasteiger partial charge on any atom is -0.488 e. The lowest BCUT2D eigenvalue weighted by molar-refractivity contribution is 0.352. The van der Waals surface area contributed by atoms with Crippen molar-refractivity contribution in [1.29, 1.82) is 0 Å². The van der Waals surface area contributed by atoms with Gasteiger partial charge < -0.3 is 4.74 Å². The second-order valence-corrected chi connectivity index (χ2v) is 6.88. The van der Waals surface area contributed by atoms with Gasteiger partial charge in [0.2, 0.25) is 0 Å². The van der Waals surface area contributed by atoms with Crippen LogP contribution in [0.4, 0.5) is 0 Å². The number of benzene rings is 1. The highest BCUT2D eigenvalue weighted by Gasteiger charge is 2.19. The van der Waals surface area contributed by atoms with E-state index in [2.05, 4.69) is 0 Å². The molecule has 0 unspecified atom stereocenters. The largest absolute Gasteiger partial charge is 0.488 e. The van der Waals surface area contributed by atoms with Gasteiger partial charge in [0, 0.05) is 16.2 Å². The Morgan fingerprint density at radius 2 is 1.94 bits per heavy atom. The van der Waals surface area contributed by atoms with Crippen LogP contribution in [-0.4, -0.2) is 15.0 Å². The van der Waals surface area contributed by atoms with E-state index in [1.54, 1.807) is 6.92 Å². The van der Waals surface area contributed by atoms with Crippen LogP contribution in [0.5, 0.6) is 5.75 Å². The maximum atomic E-state index is 11.2. The van der Waals surface area contributed by atoms with Crippen LogP contribution >= 0.6 is 45.5 Å². The molecule has 0 aromatic heterocycles. The van der Waals surface area contributed by atoms with Crippen molar-refractivity contribution in [2.45, 2.75) is 11.8 Å². The molecule has 0 aliphatic heterocycles. The highest BCUT2D eigenvalue weighted by Crippen LogP contribution is 2.38. The Hall–Kier alpha value is -0.130. The molecule has 0 radical (unpaired) electrons. The molecule has 18 heavy (non-hydrogen) atoms. The molecule has 1 rings (SSSR count). The van der Waals surface area contributed by atoms with Crippen LogP contribution in [0.15, 0.2) is 28.1 Å². The zero-order chi connectivity index (χ0) is 13.9. The molecule has 0 aliphatic rings. The van der Waals surface area contributed by atoms with Gasteiger partial charge in [0.1, 0.15) is 22.3 Å². The van der Waals surface area contributed by atoms with Crippen LogP contribution in [-0.2, 0) is 9.05 Å². The smallest absolute Gasteiger partial charge is 0.262 e. The van der Waals surface area contributed by atoms with E-state index in [1.165, 1.54) is 17.7 Å². The summed E-state index contributed by atoms with van der Waals surface area (Å²) >= 11 is 17.2. The van der Waals surface area contributed by atoms with Crippen LogP contribution in [0.3, 0.4) is 0 Å². The first kappa shape index (κ1) is 15.9. The molecule has 0 saturated carbocycles. The fourth-order valence-electron chi connectivity index (χ4n) is 1.04. The fourth-order valence-corrected chi connectivity index (χ4v) is 2.89. The van der Waals surface area contributed by atoms with E-state index in [9.17, 15) is 8.42 Å². The molecule has 0 N–H and O–H groups in total. The van der Waals surface area contributed by atoms with Crippen molar-refractivity contribution in [1.82, 2.24) is 0 Å². The lowest BCUT2D eigenvalue weighted by Gasteiger charge is -2.10. The molecule has 0 heterocycles. The van der Waals surface area contributed by atoms with Gasteiger partial charge in [-0.1, -0.05) is 34.8 Å². The van der Waals surface area contributed by atoms with Crippen molar-refractivity contribution in [3.05, 3.63) is 33.3 Å².